The van der Waals surface area contributed by atoms with Crippen molar-refractivity contribution >= 4 is 17.8 Å². The molecule has 2 amide bonds. The fraction of sp³-hybridized carbons (Fsp3) is 0.615. The molecule has 3 fully saturated rings. The third-order valence-electron chi connectivity index (χ3n) is 4.02. The molecule has 0 spiro atoms. The summed E-state index contributed by atoms with van der Waals surface area (Å²) in [5.41, 5.74) is -7.62. The number of carbonyl (C=O) groups excluding carboxylic acids is 2. The van der Waals surface area contributed by atoms with E-state index in [-0.39, 0.29) is 18.6 Å². The second kappa shape index (κ2) is 5.79. The number of carbonyl (C=O) groups is 3. The van der Waals surface area contributed by atoms with Crippen LogP contribution in [0.5, 0.6) is 0 Å². The number of fused-ring (bicyclic) bond motifs is 5. The highest BCUT2D eigenvalue weighted by Crippen LogP contribution is 2.33. The molecule has 134 valence electrons. The molecule has 3 aliphatic heterocycles. The Kier molecular flexibility index (Phi) is 4.41. The molecule has 0 radical (unpaired) electrons. The average molecular weight is 346 g/mol. The molecule has 7 N–H and O–H groups in total. The zero-order chi connectivity index (χ0) is 18.3. The maximum absolute atomic E-state index is 12.4. The summed E-state index contributed by atoms with van der Waals surface area (Å²) in [5, 5.41) is 52.6. The van der Waals surface area contributed by atoms with Crippen LogP contribution in [0.1, 0.15) is 13.3 Å². The van der Waals surface area contributed by atoms with E-state index >= 15 is 0 Å². The normalized spacial score (nSPS) is 35.5. The van der Waals surface area contributed by atoms with E-state index in [1.165, 1.54) is 0 Å². The number of carboxylic acid groups (broad SMARTS) is 1. The number of aliphatic hydroxyl groups excluding tert-OH is 2. The number of piperazine rings is 1. The molecule has 11 heteroatoms. The first kappa shape index (κ1) is 18.3. The molecule has 24 heavy (non-hydrogen) atoms. The molecule has 2 bridgehead atoms. The number of ether oxygens (including phenoxy) is 1. The van der Waals surface area contributed by atoms with E-state index in [0.717, 1.165) is 6.92 Å². The summed E-state index contributed by atoms with van der Waals surface area (Å²) in [5.74, 6) is -3.90. The maximum Gasteiger partial charge on any atom is 0.328 e. The Morgan fingerprint density at radius 3 is 2.58 bits per heavy atom. The van der Waals surface area contributed by atoms with Gasteiger partial charge in [-0.25, -0.2) is 4.79 Å². The van der Waals surface area contributed by atoms with Gasteiger partial charge in [0.1, 0.15) is 11.7 Å². The van der Waals surface area contributed by atoms with E-state index < -0.39 is 47.5 Å². The number of nitrogens with one attached hydrogen (secondary N) is 2. The average Bonchev–Trinajstić information content (AvgIpc) is 2.49. The predicted octanol–water partition coefficient (Wildman–Crippen LogP) is -3.85. The summed E-state index contributed by atoms with van der Waals surface area (Å²) >= 11 is 0. The topological polar surface area (TPSA) is 186 Å². The fourth-order valence-corrected chi connectivity index (χ4v) is 2.58. The number of amides is 2. The summed E-state index contributed by atoms with van der Waals surface area (Å²) in [6, 6.07) is 0. The second-order valence-electron chi connectivity index (χ2n) is 5.88. The lowest BCUT2D eigenvalue weighted by Gasteiger charge is -2.49. The molecule has 0 saturated carbocycles. The molecule has 3 aliphatic rings. The maximum atomic E-state index is 12.4. The number of aliphatic carboxylic acids is 1. The summed E-state index contributed by atoms with van der Waals surface area (Å²) < 4.78 is 5.24. The molecule has 3 saturated heterocycles. The Bertz CT molecular complexity index is 617. The molecule has 0 aromatic rings. The molecule has 3 rings (SSSR count). The first-order valence-corrected chi connectivity index (χ1v) is 6.96. The van der Waals surface area contributed by atoms with E-state index in [9.17, 15) is 29.7 Å². The number of hydrogen-bond donors (Lipinski definition) is 7. The SMILES string of the molecule is C[C@](O)(CO)[C@H](O)[C@@]12NC(=O)[C@@](O)(NC1=O)/C(=C\C(=O)O)CCO2. The molecule has 3 heterocycles. The Morgan fingerprint density at radius 2 is 2.04 bits per heavy atom. The van der Waals surface area contributed by atoms with E-state index in [0.29, 0.717) is 6.08 Å². The van der Waals surface area contributed by atoms with Crippen LogP contribution in [-0.4, -0.2) is 79.7 Å². The third-order valence-corrected chi connectivity index (χ3v) is 4.02. The van der Waals surface area contributed by atoms with Gasteiger partial charge in [-0.2, -0.15) is 0 Å². The first-order chi connectivity index (χ1) is 11.0. The van der Waals surface area contributed by atoms with Crippen LogP contribution in [0.25, 0.3) is 0 Å². The smallest absolute Gasteiger partial charge is 0.328 e. The van der Waals surface area contributed by atoms with Crippen LogP contribution in [0, 0.1) is 0 Å². The minimum Gasteiger partial charge on any atom is -0.478 e. The number of hydrogen-bond acceptors (Lipinski definition) is 8. The summed E-state index contributed by atoms with van der Waals surface area (Å²) in [6.07, 6.45) is -1.75. The predicted molar refractivity (Wildman–Crippen MR) is 74.0 cm³/mol. The fourth-order valence-electron chi connectivity index (χ4n) is 2.58. The lowest BCUT2D eigenvalue weighted by molar-refractivity contribution is -0.230. The van der Waals surface area contributed by atoms with Crippen molar-refractivity contribution in [3.05, 3.63) is 11.6 Å². The zero-order valence-corrected chi connectivity index (χ0v) is 12.6. The van der Waals surface area contributed by atoms with Gasteiger partial charge in [-0.05, 0) is 13.3 Å². The Balaban J connectivity index is 2.49. The highest BCUT2D eigenvalue weighted by atomic mass is 16.5. The number of carboxylic acids is 1. The Labute approximate surface area is 135 Å². The third kappa shape index (κ3) is 2.65. The molecule has 0 aromatic carbocycles. The van der Waals surface area contributed by atoms with Crippen LogP contribution < -0.4 is 10.6 Å². The van der Waals surface area contributed by atoms with Crippen LogP contribution in [0.4, 0.5) is 0 Å². The lowest BCUT2D eigenvalue weighted by atomic mass is 9.84. The molecule has 0 aliphatic carbocycles. The largest absolute Gasteiger partial charge is 0.478 e. The van der Waals surface area contributed by atoms with Crippen molar-refractivity contribution in [2.24, 2.45) is 0 Å². The van der Waals surface area contributed by atoms with Crippen molar-refractivity contribution < 1.29 is 44.7 Å². The van der Waals surface area contributed by atoms with E-state index in [2.05, 4.69) is 0 Å². The summed E-state index contributed by atoms with van der Waals surface area (Å²) in [4.78, 5) is 35.5. The zero-order valence-electron chi connectivity index (χ0n) is 12.6. The van der Waals surface area contributed by atoms with Crippen molar-refractivity contribution in [1.29, 1.82) is 0 Å². The van der Waals surface area contributed by atoms with Crippen molar-refractivity contribution in [2.45, 2.75) is 36.5 Å². The van der Waals surface area contributed by atoms with E-state index in [4.69, 9.17) is 14.9 Å². The van der Waals surface area contributed by atoms with Gasteiger partial charge in [0.2, 0.25) is 5.72 Å². The quantitative estimate of drug-likeness (QED) is 0.250. The number of aliphatic hydroxyl groups is 4. The van der Waals surface area contributed by atoms with E-state index in [1.54, 1.807) is 0 Å². The van der Waals surface area contributed by atoms with Crippen LogP contribution in [-0.2, 0) is 19.1 Å². The highest BCUT2D eigenvalue weighted by molar-refractivity contribution is 6.03. The van der Waals surface area contributed by atoms with E-state index in [1.807, 2.05) is 10.6 Å². The standard InChI is InChI=1S/C13H18N2O9/c1-11(22,5-16)8(19)13-10(21)14-12(23,9(20)15-13)6(2-3-24-13)4-7(17)18/h4,8,16,19,22-23H,2-3,5H2,1H3,(H,14,21)(H,15,20)(H,17,18)/b6-4-/t8-,11-,12+,13-/m0/s1. The van der Waals surface area contributed by atoms with Crippen LogP contribution in [0.15, 0.2) is 11.6 Å². The van der Waals surface area contributed by atoms with Crippen LogP contribution in [0.3, 0.4) is 0 Å². The van der Waals surface area contributed by atoms with Gasteiger partial charge in [0.25, 0.3) is 17.5 Å². The van der Waals surface area contributed by atoms with Crippen LogP contribution in [0.2, 0.25) is 0 Å². The van der Waals surface area contributed by atoms with Crippen molar-refractivity contribution in [3.8, 4) is 0 Å². The van der Waals surface area contributed by atoms with Gasteiger partial charge in [-0.1, -0.05) is 0 Å². The summed E-state index contributed by atoms with van der Waals surface area (Å²) in [6.45, 7) is -0.283. The molecule has 4 atom stereocenters. The van der Waals surface area contributed by atoms with Gasteiger partial charge < -0.3 is 40.9 Å². The minimum atomic E-state index is -2.63. The molecule has 0 unspecified atom stereocenters. The lowest BCUT2D eigenvalue weighted by Crippen LogP contribution is -2.82. The van der Waals surface area contributed by atoms with Gasteiger partial charge in [0.05, 0.1) is 13.2 Å². The molecule has 11 nitrogen and oxygen atoms in total. The van der Waals surface area contributed by atoms with Gasteiger partial charge in [0.15, 0.2) is 0 Å². The van der Waals surface area contributed by atoms with Crippen molar-refractivity contribution in [1.82, 2.24) is 10.6 Å². The highest BCUT2D eigenvalue weighted by Gasteiger charge is 2.63. The first-order valence-electron chi connectivity index (χ1n) is 6.96. The van der Waals surface area contributed by atoms with Gasteiger partial charge in [-0.15, -0.1) is 0 Å². The van der Waals surface area contributed by atoms with Crippen molar-refractivity contribution in [3.63, 3.8) is 0 Å². The Hall–Kier alpha value is -2.05. The summed E-state index contributed by atoms with van der Waals surface area (Å²) in [7, 11) is 0. The number of rotatable bonds is 4. The van der Waals surface area contributed by atoms with Crippen LogP contribution >= 0.6 is 0 Å². The monoisotopic (exact) mass is 346 g/mol. The Morgan fingerprint density at radius 1 is 1.42 bits per heavy atom. The second-order valence-corrected chi connectivity index (χ2v) is 5.88. The molecular formula is C13H18N2O9. The molecular weight excluding hydrogens is 328 g/mol. The van der Waals surface area contributed by atoms with Gasteiger partial charge in [0, 0.05) is 11.6 Å². The minimum absolute atomic E-state index is 0.244. The van der Waals surface area contributed by atoms with Gasteiger partial charge >= 0.3 is 5.97 Å². The van der Waals surface area contributed by atoms with Gasteiger partial charge in [-0.3, -0.25) is 9.59 Å². The molecule has 0 aromatic heterocycles. The van der Waals surface area contributed by atoms with Crippen molar-refractivity contribution in [2.75, 3.05) is 13.2 Å².